The quantitative estimate of drug-likeness (QED) is 0.763. The molecule has 1 heterocycles. The summed E-state index contributed by atoms with van der Waals surface area (Å²) in [6, 6.07) is 7.51. The Balaban J connectivity index is 1.78. The zero-order valence-corrected chi connectivity index (χ0v) is 12.8. The lowest BCUT2D eigenvalue weighted by Crippen LogP contribution is -2.40. The van der Waals surface area contributed by atoms with Crippen LogP contribution in [0.1, 0.15) is 18.4 Å². The van der Waals surface area contributed by atoms with E-state index in [1.165, 1.54) is 0 Å². The summed E-state index contributed by atoms with van der Waals surface area (Å²) in [7, 11) is 0. The van der Waals surface area contributed by atoms with Crippen LogP contribution in [0.5, 0.6) is 5.75 Å². The van der Waals surface area contributed by atoms with E-state index in [1.807, 2.05) is 24.3 Å². The highest BCUT2D eigenvalue weighted by atomic mass is 32.1. The average molecular weight is 307 g/mol. The molecule has 1 fully saturated rings. The molecule has 0 unspecified atom stereocenters. The number of para-hydroxylation sites is 1. The maximum atomic E-state index is 11.1. The highest BCUT2D eigenvalue weighted by Crippen LogP contribution is 2.19. The van der Waals surface area contributed by atoms with Crippen LogP contribution in [0.4, 0.5) is 0 Å². The van der Waals surface area contributed by atoms with Crippen molar-refractivity contribution in [2.45, 2.75) is 12.8 Å². The molecule has 0 aromatic heterocycles. The second-order valence-corrected chi connectivity index (χ2v) is 5.67. The highest BCUT2D eigenvalue weighted by Gasteiger charge is 2.22. The van der Waals surface area contributed by atoms with Crippen molar-refractivity contribution in [2.75, 3.05) is 26.2 Å². The Morgan fingerprint density at radius 3 is 2.57 bits per heavy atom. The third-order valence-electron chi connectivity index (χ3n) is 3.81. The van der Waals surface area contributed by atoms with Gasteiger partial charge in [0.1, 0.15) is 17.3 Å². The second-order valence-electron chi connectivity index (χ2n) is 5.23. The molecule has 1 saturated heterocycles. The fraction of sp³-hybridized carbons (Fsp3) is 0.467. The number of hydrogen-bond acceptors (Lipinski definition) is 4. The summed E-state index contributed by atoms with van der Waals surface area (Å²) < 4.78 is 5.77. The normalized spacial score (nSPS) is 16.6. The first-order valence-electron chi connectivity index (χ1n) is 7.11. The zero-order valence-electron chi connectivity index (χ0n) is 12.0. The molecule has 114 valence electrons. The lowest BCUT2D eigenvalue weighted by molar-refractivity contribution is -0.123. The van der Waals surface area contributed by atoms with E-state index in [0.29, 0.717) is 11.6 Å². The van der Waals surface area contributed by atoms with Gasteiger partial charge in [0.15, 0.2) is 0 Å². The number of nitrogens with zero attached hydrogens (tertiary/aromatic N) is 1. The Bertz CT molecular complexity index is 513. The zero-order chi connectivity index (χ0) is 15.2. The monoisotopic (exact) mass is 307 g/mol. The fourth-order valence-electron chi connectivity index (χ4n) is 2.52. The number of nitrogens with two attached hydrogens (primary N) is 2. The minimum Gasteiger partial charge on any atom is -0.492 e. The number of piperidine rings is 1. The van der Waals surface area contributed by atoms with Crippen molar-refractivity contribution < 1.29 is 9.53 Å². The first kappa shape index (κ1) is 15.7. The highest BCUT2D eigenvalue weighted by molar-refractivity contribution is 7.80. The van der Waals surface area contributed by atoms with Crippen molar-refractivity contribution in [3.8, 4) is 5.75 Å². The van der Waals surface area contributed by atoms with Crippen LogP contribution in [0.3, 0.4) is 0 Å². The molecule has 1 aliphatic rings. The van der Waals surface area contributed by atoms with Crippen LogP contribution in [0, 0.1) is 5.92 Å². The van der Waals surface area contributed by atoms with E-state index in [4.69, 9.17) is 28.4 Å². The van der Waals surface area contributed by atoms with Gasteiger partial charge in [0.25, 0.3) is 0 Å². The van der Waals surface area contributed by atoms with Crippen LogP contribution in [0.15, 0.2) is 24.3 Å². The Morgan fingerprint density at radius 1 is 1.29 bits per heavy atom. The van der Waals surface area contributed by atoms with Crippen molar-refractivity contribution in [2.24, 2.45) is 17.4 Å². The Morgan fingerprint density at radius 2 is 1.95 bits per heavy atom. The van der Waals surface area contributed by atoms with Gasteiger partial charge in [-0.3, -0.25) is 9.69 Å². The summed E-state index contributed by atoms with van der Waals surface area (Å²) >= 11 is 5.01. The third-order valence-corrected chi connectivity index (χ3v) is 4.03. The summed E-state index contributed by atoms with van der Waals surface area (Å²) in [6.45, 7) is 3.15. The predicted octanol–water partition coefficient (Wildman–Crippen LogP) is 0.897. The fourth-order valence-corrected chi connectivity index (χ4v) is 2.69. The number of carbonyl (C=O) groups is 1. The smallest absolute Gasteiger partial charge is 0.220 e. The van der Waals surface area contributed by atoms with Gasteiger partial charge in [-0.1, -0.05) is 24.4 Å². The molecule has 21 heavy (non-hydrogen) atoms. The van der Waals surface area contributed by atoms with Crippen molar-refractivity contribution in [1.29, 1.82) is 0 Å². The molecule has 2 rings (SSSR count). The van der Waals surface area contributed by atoms with Gasteiger partial charge in [-0.05, 0) is 38.1 Å². The van der Waals surface area contributed by atoms with Gasteiger partial charge in [-0.25, -0.2) is 0 Å². The number of benzene rings is 1. The molecule has 1 aromatic rings. The molecule has 1 amide bonds. The Kier molecular flexibility index (Phi) is 5.52. The standard InChI is InChI=1S/C15H21N3O2S/c16-14(19)11-5-7-18(8-6-11)9-10-20-13-4-2-1-3-12(13)15(17)21/h1-4,11H,5-10H2,(H2,16,19)(H2,17,21). The first-order valence-corrected chi connectivity index (χ1v) is 7.52. The third kappa shape index (κ3) is 4.41. The number of carbonyl (C=O) groups excluding carboxylic acids is 1. The van der Waals surface area contributed by atoms with Crippen molar-refractivity contribution >= 4 is 23.1 Å². The molecule has 0 radical (unpaired) electrons. The number of likely N-dealkylation sites (tertiary alicyclic amines) is 1. The molecular weight excluding hydrogens is 286 g/mol. The van der Waals surface area contributed by atoms with E-state index >= 15 is 0 Å². The number of primary amides is 1. The van der Waals surface area contributed by atoms with Crippen LogP contribution in [0.2, 0.25) is 0 Å². The van der Waals surface area contributed by atoms with Crippen LogP contribution in [0.25, 0.3) is 0 Å². The molecule has 5 nitrogen and oxygen atoms in total. The Labute approximate surface area is 130 Å². The second kappa shape index (κ2) is 7.38. The summed E-state index contributed by atoms with van der Waals surface area (Å²) in [5.74, 6) is 0.561. The Hall–Kier alpha value is -1.66. The molecule has 0 bridgehead atoms. The number of amides is 1. The summed E-state index contributed by atoms with van der Waals surface area (Å²) in [6.07, 6.45) is 1.66. The van der Waals surface area contributed by atoms with Crippen LogP contribution in [-0.4, -0.2) is 42.0 Å². The lowest BCUT2D eigenvalue weighted by Gasteiger charge is -2.30. The van der Waals surface area contributed by atoms with E-state index in [9.17, 15) is 4.79 Å². The molecule has 4 N–H and O–H groups in total. The van der Waals surface area contributed by atoms with E-state index in [-0.39, 0.29) is 11.8 Å². The molecule has 0 atom stereocenters. The van der Waals surface area contributed by atoms with Crippen LogP contribution < -0.4 is 16.2 Å². The van der Waals surface area contributed by atoms with Crippen LogP contribution in [-0.2, 0) is 4.79 Å². The first-order chi connectivity index (χ1) is 10.1. The van der Waals surface area contributed by atoms with E-state index in [2.05, 4.69) is 4.90 Å². The molecule has 1 aromatic carbocycles. The van der Waals surface area contributed by atoms with Gasteiger partial charge in [0.2, 0.25) is 5.91 Å². The number of ether oxygens (including phenoxy) is 1. The van der Waals surface area contributed by atoms with Gasteiger partial charge in [0.05, 0.1) is 5.56 Å². The maximum absolute atomic E-state index is 11.1. The number of rotatable bonds is 6. The summed E-state index contributed by atoms with van der Waals surface area (Å²) in [4.78, 5) is 13.7. The molecule has 1 aliphatic heterocycles. The topological polar surface area (TPSA) is 81.6 Å². The number of hydrogen-bond donors (Lipinski definition) is 2. The molecular formula is C15H21N3O2S. The molecule has 6 heteroatoms. The summed E-state index contributed by atoms with van der Waals surface area (Å²) in [5.41, 5.74) is 11.8. The minimum absolute atomic E-state index is 0.0255. The maximum Gasteiger partial charge on any atom is 0.220 e. The SMILES string of the molecule is NC(=O)C1CCN(CCOc2ccccc2C(N)=S)CC1. The van der Waals surface area contributed by atoms with Gasteiger partial charge >= 0.3 is 0 Å². The molecule has 0 saturated carbocycles. The average Bonchev–Trinajstić information content (AvgIpc) is 2.48. The largest absolute Gasteiger partial charge is 0.492 e. The van der Waals surface area contributed by atoms with Gasteiger partial charge in [0, 0.05) is 12.5 Å². The molecule has 0 aliphatic carbocycles. The van der Waals surface area contributed by atoms with Gasteiger partial charge < -0.3 is 16.2 Å². The van der Waals surface area contributed by atoms with Crippen molar-refractivity contribution in [3.05, 3.63) is 29.8 Å². The van der Waals surface area contributed by atoms with Gasteiger partial charge in [-0.2, -0.15) is 0 Å². The van der Waals surface area contributed by atoms with Crippen molar-refractivity contribution in [1.82, 2.24) is 4.90 Å². The van der Waals surface area contributed by atoms with Gasteiger partial charge in [-0.15, -0.1) is 0 Å². The van der Waals surface area contributed by atoms with Crippen LogP contribution >= 0.6 is 12.2 Å². The predicted molar refractivity (Wildman–Crippen MR) is 86.2 cm³/mol. The minimum atomic E-state index is -0.184. The number of thiocarbonyl (C=S) groups is 1. The van der Waals surface area contributed by atoms with E-state index < -0.39 is 0 Å². The van der Waals surface area contributed by atoms with E-state index in [0.717, 1.165) is 43.8 Å². The van der Waals surface area contributed by atoms with Crippen molar-refractivity contribution in [3.63, 3.8) is 0 Å². The van der Waals surface area contributed by atoms with E-state index in [1.54, 1.807) is 0 Å². The lowest BCUT2D eigenvalue weighted by atomic mass is 9.96. The summed E-state index contributed by atoms with van der Waals surface area (Å²) in [5, 5.41) is 0. The molecule has 0 spiro atoms.